The van der Waals surface area contributed by atoms with Gasteiger partial charge in [-0.15, -0.1) is 0 Å². The van der Waals surface area contributed by atoms with Gasteiger partial charge in [-0.05, 0) is 49.1 Å². The molecule has 3 aromatic rings. The molecule has 0 spiro atoms. The summed E-state index contributed by atoms with van der Waals surface area (Å²) in [5.41, 5.74) is 1.10. The van der Waals surface area contributed by atoms with E-state index in [1.165, 1.54) is 11.2 Å². The van der Waals surface area contributed by atoms with E-state index in [9.17, 15) is 14.7 Å². The lowest BCUT2D eigenvalue weighted by Gasteiger charge is -2.25. The third-order valence-corrected chi connectivity index (χ3v) is 6.03. The van der Waals surface area contributed by atoms with Crippen LogP contribution < -0.4 is 9.47 Å². The van der Waals surface area contributed by atoms with Crippen LogP contribution in [0.3, 0.4) is 0 Å². The van der Waals surface area contributed by atoms with Crippen molar-refractivity contribution in [2.75, 3.05) is 13.2 Å². The fraction of sp³-hybridized carbons (Fsp3) is 0.310. The Bertz CT molecular complexity index is 1230. The number of aliphatic hydroxyl groups is 1. The first-order valence-electron chi connectivity index (χ1n) is 12.2. The second kappa shape index (κ2) is 11.2. The summed E-state index contributed by atoms with van der Waals surface area (Å²) in [5.74, 6) is 0.456. The molecule has 1 unspecified atom stereocenters. The van der Waals surface area contributed by atoms with Gasteiger partial charge in [0.25, 0.3) is 11.7 Å². The lowest BCUT2D eigenvalue weighted by atomic mass is 9.95. The number of aliphatic hydroxyl groups excluding tert-OH is 1. The quantitative estimate of drug-likeness (QED) is 0.222. The summed E-state index contributed by atoms with van der Waals surface area (Å²) in [4.78, 5) is 27.8. The highest BCUT2D eigenvalue weighted by molar-refractivity contribution is 6.46. The molecule has 7 nitrogen and oxygen atoms in total. The molecule has 0 aliphatic carbocycles. The van der Waals surface area contributed by atoms with Crippen molar-refractivity contribution < 1.29 is 28.6 Å². The number of Topliss-reactive ketones (excluding diaryl/α,β-unsaturated/α-hetero) is 1. The number of amides is 1. The van der Waals surface area contributed by atoms with Crippen LogP contribution >= 0.6 is 0 Å². The number of benzene rings is 2. The minimum absolute atomic E-state index is 0.0219. The molecule has 1 N–H and O–H groups in total. The molecular formula is C29H31NO6. The molecule has 0 saturated carbocycles. The zero-order valence-corrected chi connectivity index (χ0v) is 20.8. The van der Waals surface area contributed by atoms with Crippen molar-refractivity contribution in [2.24, 2.45) is 5.92 Å². The van der Waals surface area contributed by atoms with E-state index in [0.29, 0.717) is 47.5 Å². The highest BCUT2D eigenvalue weighted by atomic mass is 16.5. The van der Waals surface area contributed by atoms with Gasteiger partial charge in [-0.25, -0.2) is 0 Å². The summed E-state index contributed by atoms with van der Waals surface area (Å²) in [5, 5.41) is 11.2. The lowest BCUT2D eigenvalue weighted by molar-refractivity contribution is -0.140. The number of carbonyl (C=O) groups is 2. The van der Waals surface area contributed by atoms with Crippen LogP contribution in [0.2, 0.25) is 0 Å². The molecular weight excluding hydrogens is 458 g/mol. The summed E-state index contributed by atoms with van der Waals surface area (Å²) >= 11 is 0. The topological polar surface area (TPSA) is 89.2 Å². The number of hydrogen-bond donors (Lipinski definition) is 1. The van der Waals surface area contributed by atoms with E-state index in [-0.39, 0.29) is 17.9 Å². The minimum Gasteiger partial charge on any atom is -0.507 e. The van der Waals surface area contributed by atoms with E-state index in [2.05, 4.69) is 13.8 Å². The number of ether oxygens (including phenoxy) is 2. The van der Waals surface area contributed by atoms with Gasteiger partial charge >= 0.3 is 0 Å². The van der Waals surface area contributed by atoms with E-state index in [0.717, 1.165) is 6.42 Å². The van der Waals surface area contributed by atoms with Gasteiger partial charge in [-0.1, -0.05) is 50.2 Å². The molecule has 7 heteroatoms. The van der Waals surface area contributed by atoms with E-state index in [1.807, 2.05) is 13.0 Å². The number of hydrogen-bond acceptors (Lipinski definition) is 6. The molecule has 4 rings (SSSR count). The van der Waals surface area contributed by atoms with Crippen molar-refractivity contribution >= 4 is 17.4 Å². The number of furan rings is 1. The third-order valence-electron chi connectivity index (χ3n) is 6.03. The highest BCUT2D eigenvalue weighted by Gasteiger charge is 2.46. The van der Waals surface area contributed by atoms with Crippen LogP contribution in [0.25, 0.3) is 5.76 Å². The Hall–Kier alpha value is -4.00. The maximum atomic E-state index is 13.2. The van der Waals surface area contributed by atoms with Crippen LogP contribution in [0.5, 0.6) is 11.5 Å². The van der Waals surface area contributed by atoms with Gasteiger partial charge in [0.1, 0.15) is 11.5 Å². The molecule has 0 bridgehead atoms. The average molecular weight is 490 g/mol. The van der Waals surface area contributed by atoms with Crippen LogP contribution in [-0.4, -0.2) is 34.9 Å². The van der Waals surface area contributed by atoms with Gasteiger partial charge < -0.3 is 23.9 Å². The van der Waals surface area contributed by atoms with Gasteiger partial charge in [-0.3, -0.25) is 9.59 Å². The number of nitrogens with zero attached hydrogens (tertiary/aromatic N) is 1. The number of carbonyl (C=O) groups excluding carboxylic acids is 2. The predicted molar refractivity (Wildman–Crippen MR) is 136 cm³/mol. The Kier molecular flexibility index (Phi) is 7.78. The SMILES string of the molecule is CCOc1cc(C2/C(=C(\O)c3ccccc3)C(=O)C(=O)N2Cc2ccco2)ccc1OCCC(C)C. The molecule has 2 aromatic carbocycles. The third kappa shape index (κ3) is 5.30. The zero-order chi connectivity index (χ0) is 25.7. The average Bonchev–Trinajstić information content (AvgIpc) is 3.47. The first-order chi connectivity index (χ1) is 17.4. The van der Waals surface area contributed by atoms with Gasteiger partial charge in [0.05, 0.1) is 37.6 Å². The maximum absolute atomic E-state index is 13.2. The summed E-state index contributed by atoms with van der Waals surface area (Å²) in [6.45, 7) is 7.17. The number of ketones is 1. The Balaban J connectivity index is 1.80. The van der Waals surface area contributed by atoms with Crippen molar-refractivity contribution in [1.29, 1.82) is 0 Å². The molecule has 188 valence electrons. The van der Waals surface area contributed by atoms with E-state index >= 15 is 0 Å². The van der Waals surface area contributed by atoms with Crippen molar-refractivity contribution in [3.63, 3.8) is 0 Å². The maximum Gasteiger partial charge on any atom is 0.296 e. The smallest absolute Gasteiger partial charge is 0.296 e. The van der Waals surface area contributed by atoms with E-state index in [1.54, 1.807) is 54.6 Å². The standard InChI is InChI=1S/C29H31NO6/c1-4-34-24-17-21(12-13-23(24)36-16-14-19(2)3)26-25(27(31)20-9-6-5-7-10-20)28(32)29(33)30(26)18-22-11-8-15-35-22/h5-13,15,17,19,26,31H,4,14,16,18H2,1-3H3/b27-25+. The lowest BCUT2D eigenvalue weighted by Crippen LogP contribution is -2.29. The van der Waals surface area contributed by atoms with Gasteiger partial charge in [-0.2, -0.15) is 0 Å². The van der Waals surface area contributed by atoms with Gasteiger partial charge in [0.15, 0.2) is 11.5 Å². The number of rotatable bonds is 10. The fourth-order valence-corrected chi connectivity index (χ4v) is 4.20. The minimum atomic E-state index is -0.834. The first kappa shape index (κ1) is 25.1. The van der Waals surface area contributed by atoms with Gasteiger partial charge in [0.2, 0.25) is 0 Å². The summed E-state index contributed by atoms with van der Waals surface area (Å²) < 4.78 is 17.3. The molecule has 1 aliphatic heterocycles. The summed E-state index contributed by atoms with van der Waals surface area (Å²) in [7, 11) is 0. The van der Waals surface area contributed by atoms with Crippen molar-refractivity contribution in [3.8, 4) is 11.5 Å². The van der Waals surface area contributed by atoms with Crippen LogP contribution in [0.4, 0.5) is 0 Å². The van der Waals surface area contributed by atoms with Crippen molar-refractivity contribution in [3.05, 3.63) is 89.4 Å². The molecule has 1 aliphatic rings. The van der Waals surface area contributed by atoms with E-state index in [4.69, 9.17) is 13.9 Å². The monoisotopic (exact) mass is 489 g/mol. The van der Waals surface area contributed by atoms with Crippen molar-refractivity contribution in [1.82, 2.24) is 4.90 Å². The second-order valence-corrected chi connectivity index (χ2v) is 9.04. The molecule has 36 heavy (non-hydrogen) atoms. The largest absolute Gasteiger partial charge is 0.507 e. The van der Waals surface area contributed by atoms with Crippen LogP contribution in [0.1, 0.15) is 50.1 Å². The summed E-state index contributed by atoms with van der Waals surface area (Å²) in [6.07, 6.45) is 2.41. The molecule has 1 fully saturated rings. The summed E-state index contributed by atoms with van der Waals surface area (Å²) in [6, 6.07) is 16.7. The fourth-order valence-electron chi connectivity index (χ4n) is 4.20. The second-order valence-electron chi connectivity index (χ2n) is 9.04. The number of likely N-dealkylation sites (tertiary alicyclic amines) is 1. The molecule has 1 amide bonds. The first-order valence-corrected chi connectivity index (χ1v) is 12.2. The predicted octanol–water partition coefficient (Wildman–Crippen LogP) is 5.73. The normalized spacial score (nSPS) is 17.1. The molecule has 2 heterocycles. The zero-order valence-electron chi connectivity index (χ0n) is 20.8. The molecule has 1 aromatic heterocycles. The molecule has 0 radical (unpaired) electrons. The van der Waals surface area contributed by atoms with Crippen LogP contribution in [0.15, 0.2) is 76.9 Å². The van der Waals surface area contributed by atoms with Gasteiger partial charge in [0, 0.05) is 5.56 Å². The molecule has 1 saturated heterocycles. The Morgan fingerprint density at radius 1 is 1.03 bits per heavy atom. The van der Waals surface area contributed by atoms with Crippen LogP contribution in [0, 0.1) is 5.92 Å². The Morgan fingerprint density at radius 2 is 1.81 bits per heavy atom. The van der Waals surface area contributed by atoms with Crippen LogP contribution in [-0.2, 0) is 16.1 Å². The van der Waals surface area contributed by atoms with E-state index < -0.39 is 17.7 Å². The van der Waals surface area contributed by atoms with Crippen molar-refractivity contribution in [2.45, 2.75) is 39.8 Å². The Labute approximate surface area is 210 Å². The highest BCUT2D eigenvalue weighted by Crippen LogP contribution is 2.42. The Morgan fingerprint density at radius 3 is 2.47 bits per heavy atom. The molecule has 1 atom stereocenters.